The smallest absolute Gasteiger partial charge is 0.0322 e. The van der Waals surface area contributed by atoms with Crippen LogP contribution in [0.4, 0.5) is 0 Å². The zero-order chi connectivity index (χ0) is 15.5. The molecule has 0 N–H and O–H groups in total. The molecule has 0 saturated heterocycles. The van der Waals surface area contributed by atoms with Crippen molar-refractivity contribution in [1.82, 2.24) is 4.90 Å². The molecule has 1 aliphatic rings. The van der Waals surface area contributed by atoms with E-state index in [0.717, 1.165) is 13.0 Å². The minimum atomic E-state index is 0.542. The molecule has 0 saturated carbocycles. The third-order valence-corrected chi connectivity index (χ3v) is 5.06. The van der Waals surface area contributed by atoms with Crippen molar-refractivity contribution in [1.29, 1.82) is 0 Å². The lowest BCUT2D eigenvalue weighted by Gasteiger charge is -2.35. The fraction of sp³-hybridized carbons (Fsp3) is 0.429. The molecule has 2 aromatic rings. The van der Waals surface area contributed by atoms with Gasteiger partial charge < -0.3 is 0 Å². The predicted octanol–water partition coefficient (Wildman–Crippen LogP) is 4.97. The molecular weight excluding hydrogens is 266 g/mol. The molecule has 0 amide bonds. The summed E-state index contributed by atoms with van der Waals surface area (Å²) in [5, 5.41) is 0. The largest absolute Gasteiger partial charge is 0.296 e. The van der Waals surface area contributed by atoms with Crippen molar-refractivity contribution < 1.29 is 0 Å². The van der Waals surface area contributed by atoms with Crippen LogP contribution in [0.25, 0.3) is 0 Å². The standard InChI is InChI=1S/C21H27N/c1-16(2)19-10-8-18(9-11-19)12-14-22-15-13-20-6-4-5-7-21(20)17(22)3/h4-11,16-17H,12-15H2,1-3H3. The van der Waals surface area contributed by atoms with Crippen LogP contribution < -0.4 is 0 Å². The molecule has 0 aliphatic carbocycles. The van der Waals surface area contributed by atoms with Crippen LogP contribution in [0.1, 0.15) is 55.0 Å². The van der Waals surface area contributed by atoms with Crippen LogP contribution in [0.5, 0.6) is 0 Å². The lowest BCUT2D eigenvalue weighted by Crippen LogP contribution is -2.35. The highest BCUT2D eigenvalue weighted by Crippen LogP contribution is 2.29. The van der Waals surface area contributed by atoms with Gasteiger partial charge in [0.2, 0.25) is 0 Å². The zero-order valence-electron chi connectivity index (χ0n) is 14.0. The summed E-state index contributed by atoms with van der Waals surface area (Å²) >= 11 is 0. The Morgan fingerprint density at radius 1 is 1.05 bits per heavy atom. The first-order valence-corrected chi connectivity index (χ1v) is 8.56. The molecule has 0 spiro atoms. The summed E-state index contributed by atoms with van der Waals surface area (Å²) in [6, 6.07) is 18.6. The average Bonchev–Trinajstić information content (AvgIpc) is 2.55. The summed E-state index contributed by atoms with van der Waals surface area (Å²) in [5.41, 5.74) is 5.94. The van der Waals surface area contributed by atoms with E-state index in [1.807, 2.05) is 0 Å². The van der Waals surface area contributed by atoms with Crippen molar-refractivity contribution in [2.24, 2.45) is 0 Å². The summed E-state index contributed by atoms with van der Waals surface area (Å²) < 4.78 is 0. The van der Waals surface area contributed by atoms with E-state index in [9.17, 15) is 0 Å². The molecule has 1 heteroatoms. The molecule has 0 aromatic heterocycles. The molecule has 1 atom stereocenters. The second-order valence-corrected chi connectivity index (χ2v) is 6.81. The van der Waals surface area contributed by atoms with Crippen LogP contribution in [0.3, 0.4) is 0 Å². The first-order chi connectivity index (χ1) is 10.6. The normalized spacial score (nSPS) is 18.5. The highest BCUT2D eigenvalue weighted by Gasteiger charge is 2.22. The minimum absolute atomic E-state index is 0.542. The van der Waals surface area contributed by atoms with Gasteiger partial charge in [0.1, 0.15) is 0 Å². The topological polar surface area (TPSA) is 3.24 Å². The van der Waals surface area contributed by atoms with Gasteiger partial charge in [-0.2, -0.15) is 0 Å². The van der Waals surface area contributed by atoms with Gasteiger partial charge in [-0.15, -0.1) is 0 Å². The number of rotatable bonds is 4. The molecule has 0 bridgehead atoms. The van der Waals surface area contributed by atoms with Crippen molar-refractivity contribution in [3.05, 3.63) is 70.8 Å². The Kier molecular flexibility index (Phi) is 4.63. The van der Waals surface area contributed by atoms with E-state index >= 15 is 0 Å². The van der Waals surface area contributed by atoms with E-state index in [1.165, 1.54) is 35.2 Å². The Morgan fingerprint density at radius 2 is 1.77 bits per heavy atom. The number of nitrogens with zero attached hydrogens (tertiary/aromatic N) is 1. The van der Waals surface area contributed by atoms with Gasteiger partial charge in [-0.3, -0.25) is 4.90 Å². The molecular formula is C21H27N. The Balaban J connectivity index is 1.62. The van der Waals surface area contributed by atoms with Gasteiger partial charge >= 0.3 is 0 Å². The predicted molar refractivity (Wildman–Crippen MR) is 94.4 cm³/mol. The lowest BCUT2D eigenvalue weighted by molar-refractivity contribution is 0.201. The van der Waals surface area contributed by atoms with Crippen LogP contribution in [0, 0.1) is 0 Å². The lowest BCUT2D eigenvalue weighted by atomic mass is 9.93. The van der Waals surface area contributed by atoms with Gasteiger partial charge in [0.15, 0.2) is 0 Å². The van der Waals surface area contributed by atoms with E-state index in [0.29, 0.717) is 12.0 Å². The van der Waals surface area contributed by atoms with Crippen molar-refractivity contribution in [2.45, 2.75) is 45.6 Å². The average molecular weight is 293 g/mol. The fourth-order valence-corrected chi connectivity index (χ4v) is 3.47. The van der Waals surface area contributed by atoms with Crippen LogP contribution in [-0.2, 0) is 12.8 Å². The second-order valence-electron chi connectivity index (χ2n) is 6.81. The summed E-state index contributed by atoms with van der Waals surface area (Å²) in [6.45, 7) is 9.18. The highest BCUT2D eigenvalue weighted by atomic mass is 15.2. The molecule has 116 valence electrons. The van der Waals surface area contributed by atoms with Gasteiger partial charge in [0.05, 0.1) is 0 Å². The maximum absolute atomic E-state index is 2.62. The third kappa shape index (κ3) is 3.25. The SMILES string of the molecule is CC(C)c1ccc(CCN2CCc3ccccc3C2C)cc1. The molecule has 1 heterocycles. The fourth-order valence-electron chi connectivity index (χ4n) is 3.47. The number of hydrogen-bond acceptors (Lipinski definition) is 1. The Bertz CT molecular complexity index is 612. The Labute approximate surface area is 135 Å². The number of fused-ring (bicyclic) bond motifs is 1. The molecule has 1 aliphatic heterocycles. The molecule has 0 fully saturated rings. The molecule has 22 heavy (non-hydrogen) atoms. The molecule has 2 aromatic carbocycles. The number of hydrogen-bond donors (Lipinski definition) is 0. The molecule has 1 nitrogen and oxygen atoms in total. The highest BCUT2D eigenvalue weighted by molar-refractivity contribution is 5.32. The van der Waals surface area contributed by atoms with Gasteiger partial charge in [-0.1, -0.05) is 62.4 Å². The van der Waals surface area contributed by atoms with Crippen molar-refractivity contribution in [3.63, 3.8) is 0 Å². The second kappa shape index (κ2) is 6.66. The van der Waals surface area contributed by atoms with Crippen LogP contribution >= 0.6 is 0 Å². The van der Waals surface area contributed by atoms with E-state index in [4.69, 9.17) is 0 Å². The minimum Gasteiger partial charge on any atom is -0.296 e. The van der Waals surface area contributed by atoms with E-state index in [2.05, 4.69) is 74.2 Å². The van der Waals surface area contributed by atoms with E-state index in [-0.39, 0.29) is 0 Å². The number of benzene rings is 2. The summed E-state index contributed by atoms with van der Waals surface area (Å²) in [4.78, 5) is 2.62. The first-order valence-electron chi connectivity index (χ1n) is 8.56. The monoisotopic (exact) mass is 293 g/mol. The quantitative estimate of drug-likeness (QED) is 0.769. The van der Waals surface area contributed by atoms with Crippen molar-refractivity contribution in [3.8, 4) is 0 Å². The third-order valence-electron chi connectivity index (χ3n) is 5.06. The first kappa shape index (κ1) is 15.3. The van der Waals surface area contributed by atoms with E-state index < -0.39 is 0 Å². The maximum atomic E-state index is 2.62. The zero-order valence-corrected chi connectivity index (χ0v) is 14.0. The van der Waals surface area contributed by atoms with Gasteiger partial charge in [-0.25, -0.2) is 0 Å². The summed E-state index contributed by atoms with van der Waals surface area (Å²) in [6.07, 6.45) is 2.33. The van der Waals surface area contributed by atoms with Crippen molar-refractivity contribution in [2.75, 3.05) is 13.1 Å². The summed E-state index contributed by atoms with van der Waals surface area (Å²) in [7, 11) is 0. The van der Waals surface area contributed by atoms with Crippen LogP contribution in [0.15, 0.2) is 48.5 Å². The van der Waals surface area contributed by atoms with Gasteiger partial charge in [0, 0.05) is 19.1 Å². The Morgan fingerprint density at radius 3 is 2.50 bits per heavy atom. The van der Waals surface area contributed by atoms with Gasteiger partial charge in [-0.05, 0) is 47.9 Å². The molecule has 0 radical (unpaired) electrons. The van der Waals surface area contributed by atoms with E-state index in [1.54, 1.807) is 0 Å². The molecule has 3 rings (SSSR count). The maximum Gasteiger partial charge on any atom is 0.0322 e. The van der Waals surface area contributed by atoms with Crippen LogP contribution in [0.2, 0.25) is 0 Å². The Hall–Kier alpha value is -1.60. The molecule has 1 unspecified atom stereocenters. The van der Waals surface area contributed by atoms with Crippen LogP contribution in [-0.4, -0.2) is 18.0 Å². The summed E-state index contributed by atoms with van der Waals surface area (Å²) in [5.74, 6) is 0.618. The van der Waals surface area contributed by atoms with Crippen molar-refractivity contribution >= 4 is 0 Å². The van der Waals surface area contributed by atoms with Gasteiger partial charge in [0.25, 0.3) is 0 Å².